The molecule has 0 unspecified atom stereocenters. The van der Waals surface area contributed by atoms with Crippen LogP contribution in [0.25, 0.3) is 6.08 Å². The molecule has 0 aliphatic carbocycles. The molecule has 11 heteroatoms. The fraction of sp³-hybridized carbons (Fsp3) is 0.393. The number of Topliss-reactive ketones (excluding diaryl/α,β-unsaturated/α-hetero) is 1. The number of allylic oxidation sites excluding steroid dienone is 1. The maximum atomic E-state index is 12.4. The van der Waals surface area contributed by atoms with Crippen LogP contribution in [-0.2, 0) is 9.74 Å². The van der Waals surface area contributed by atoms with Crippen LogP contribution in [0, 0.1) is 11.3 Å². The molecule has 2 N–H and O–H groups in total. The predicted octanol–water partition coefficient (Wildman–Crippen LogP) is 3.17. The Bertz CT molecular complexity index is 1200. The molecule has 208 valence electrons. The number of hydrogen-bond acceptors (Lipinski definition) is 8. The first kappa shape index (κ1) is 31.1. The lowest BCUT2D eigenvalue weighted by Gasteiger charge is -2.31. The summed E-state index contributed by atoms with van der Waals surface area (Å²) in [7, 11) is 3.69. The number of H-pyrrole nitrogens is 1. The maximum absolute atomic E-state index is 12.4. The molecule has 1 saturated heterocycles. The van der Waals surface area contributed by atoms with E-state index in [0.29, 0.717) is 49.4 Å². The van der Waals surface area contributed by atoms with Gasteiger partial charge in [0, 0.05) is 37.4 Å². The number of nitrogens with one attached hydrogen (secondary N) is 2. The standard InChI is InChI=1S/C20H19N3O3.C8H15FN2O2/c1-3-15(23(2)11-20(26)14-7-5-4-6-8-14)9-18-17(12-24)16(10-21)19(13-25)22-18;1-10-7-2-4-11(5-3-7)8(12)6-13-9/h4-9,12-13,22H,3,11H2,1-2H3;7,10H,2-6H2,1H3/b15-9-;. The minimum absolute atomic E-state index is 0.0270. The van der Waals surface area contributed by atoms with Crippen LogP contribution in [0.15, 0.2) is 36.0 Å². The van der Waals surface area contributed by atoms with Crippen molar-refractivity contribution < 1.29 is 28.6 Å². The van der Waals surface area contributed by atoms with Gasteiger partial charge >= 0.3 is 0 Å². The van der Waals surface area contributed by atoms with Crippen molar-refractivity contribution in [3.63, 3.8) is 0 Å². The zero-order chi connectivity index (χ0) is 28.8. The number of ketones is 1. The molecule has 10 nitrogen and oxygen atoms in total. The number of nitriles is 1. The number of piperidine rings is 1. The van der Waals surface area contributed by atoms with Crippen LogP contribution in [-0.4, -0.2) is 85.4 Å². The molecule has 2 heterocycles. The van der Waals surface area contributed by atoms with Crippen LogP contribution in [0.1, 0.15) is 68.6 Å². The molecule has 3 rings (SSSR count). The SMILES string of the molecule is CC/C(=C/c1[nH]c(C=O)c(C#N)c1C=O)N(C)CC(=O)c1ccccc1.CNC1CCN(C(=O)COF)CC1. The monoisotopic (exact) mass is 539 g/mol. The van der Waals surface area contributed by atoms with E-state index in [0.717, 1.165) is 18.5 Å². The highest BCUT2D eigenvalue weighted by molar-refractivity contribution is 5.97. The predicted molar refractivity (Wildman–Crippen MR) is 144 cm³/mol. The number of rotatable bonds is 11. The van der Waals surface area contributed by atoms with E-state index >= 15 is 0 Å². The second-order valence-electron chi connectivity index (χ2n) is 8.92. The third-order valence-corrected chi connectivity index (χ3v) is 6.52. The molecule has 1 amide bonds. The summed E-state index contributed by atoms with van der Waals surface area (Å²) in [6.45, 7) is 3.02. The van der Waals surface area contributed by atoms with Crippen LogP contribution in [0.5, 0.6) is 0 Å². The zero-order valence-corrected chi connectivity index (χ0v) is 22.4. The second kappa shape index (κ2) is 16.0. The molecule has 0 saturated carbocycles. The lowest BCUT2D eigenvalue weighted by atomic mass is 10.1. The van der Waals surface area contributed by atoms with Gasteiger partial charge in [-0.25, -0.2) is 0 Å². The molecule has 0 spiro atoms. The number of likely N-dealkylation sites (tertiary alicyclic amines) is 1. The highest BCUT2D eigenvalue weighted by atomic mass is 19.3. The topological polar surface area (TPSA) is 136 Å². The Morgan fingerprint density at radius 2 is 1.87 bits per heavy atom. The third kappa shape index (κ3) is 8.70. The summed E-state index contributed by atoms with van der Waals surface area (Å²) in [6, 6.07) is 11.3. The number of aromatic nitrogens is 1. The average Bonchev–Trinajstić information content (AvgIpc) is 3.33. The fourth-order valence-electron chi connectivity index (χ4n) is 4.24. The molecule has 1 aromatic carbocycles. The number of benzene rings is 1. The van der Waals surface area contributed by atoms with Crippen molar-refractivity contribution in [2.75, 3.05) is 40.3 Å². The van der Waals surface area contributed by atoms with E-state index in [9.17, 15) is 23.7 Å². The van der Waals surface area contributed by atoms with Gasteiger partial charge in [-0.2, -0.15) is 10.2 Å². The van der Waals surface area contributed by atoms with Gasteiger partial charge in [0.2, 0.25) is 0 Å². The van der Waals surface area contributed by atoms with Gasteiger partial charge < -0.3 is 20.1 Å². The van der Waals surface area contributed by atoms with Crippen LogP contribution in [0.2, 0.25) is 0 Å². The minimum Gasteiger partial charge on any atom is -0.370 e. The van der Waals surface area contributed by atoms with E-state index in [-0.39, 0.29) is 35.1 Å². The summed E-state index contributed by atoms with van der Waals surface area (Å²) in [5.74, 6) is -0.294. The number of likely N-dealkylation sites (N-methyl/N-ethyl adjacent to an activating group) is 1. The second-order valence-corrected chi connectivity index (χ2v) is 8.92. The number of hydrogen-bond donors (Lipinski definition) is 2. The first-order valence-electron chi connectivity index (χ1n) is 12.6. The van der Waals surface area contributed by atoms with Crippen molar-refractivity contribution in [1.82, 2.24) is 20.1 Å². The van der Waals surface area contributed by atoms with Crippen molar-refractivity contribution in [1.29, 1.82) is 5.26 Å². The molecule has 1 aliphatic heterocycles. The molecule has 1 aromatic heterocycles. The lowest BCUT2D eigenvalue weighted by Crippen LogP contribution is -2.44. The van der Waals surface area contributed by atoms with E-state index in [1.807, 2.05) is 38.2 Å². The van der Waals surface area contributed by atoms with Crippen LogP contribution in [0.4, 0.5) is 4.53 Å². The number of amides is 1. The Morgan fingerprint density at radius 3 is 2.38 bits per heavy atom. The number of aldehydes is 2. The van der Waals surface area contributed by atoms with Crippen LogP contribution < -0.4 is 5.32 Å². The van der Waals surface area contributed by atoms with E-state index in [2.05, 4.69) is 15.2 Å². The van der Waals surface area contributed by atoms with Gasteiger partial charge in [0.05, 0.1) is 29.1 Å². The van der Waals surface area contributed by atoms with E-state index in [4.69, 9.17) is 5.26 Å². The van der Waals surface area contributed by atoms with Crippen molar-refractivity contribution >= 4 is 30.3 Å². The molecule has 2 aromatic rings. The number of halogens is 1. The summed E-state index contributed by atoms with van der Waals surface area (Å²) in [6.07, 6.45) is 5.21. The van der Waals surface area contributed by atoms with Gasteiger partial charge in [-0.05, 0) is 36.9 Å². The summed E-state index contributed by atoms with van der Waals surface area (Å²) >= 11 is 0. The number of nitrogens with zero attached hydrogens (tertiary/aromatic N) is 3. The highest BCUT2D eigenvalue weighted by Gasteiger charge is 2.21. The Labute approximate surface area is 227 Å². The molecule has 0 bridgehead atoms. The molecule has 39 heavy (non-hydrogen) atoms. The Kier molecular flexibility index (Phi) is 12.7. The summed E-state index contributed by atoms with van der Waals surface area (Å²) in [5, 5.41) is 12.3. The van der Waals surface area contributed by atoms with Crippen LogP contribution >= 0.6 is 0 Å². The first-order chi connectivity index (χ1) is 18.8. The molecule has 0 atom stereocenters. The molecule has 0 radical (unpaired) electrons. The van der Waals surface area contributed by atoms with Gasteiger partial charge in [-0.3, -0.25) is 19.2 Å². The van der Waals surface area contributed by atoms with Crippen molar-refractivity contribution in [3.8, 4) is 6.07 Å². The van der Waals surface area contributed by atoms with Gasteiger partial charge in [0.25, 0.3) is 5.91 Å². The van der Waals surface area contributed by atoms with Gasteiger partial charge in [0.15, 0.2) is 25.0 Å². The minimum atomic E-state index is -0.454. The largest absolute Gasteiger partial charge is 0.370 e. The number of carbonyl (C=O) groups excluding carboxylic acids is 4. The van der Waals surface area contributed by atoms with E-state index < -0.39 is 6.61 Å². The number of carbonyl (C=O) groups is 4. The summed E-state index contributed by atoms with van der Waals surface area (Å²) in [4.78, 5) is 55.5. The first-order valence-corrected chi connectivity index (χ1v) is 12.6. The van der Waals surface area contributed by atoms with Crippen molar-refractivity contribution in [2.45, 2.75) is 32.2 Å². The lowest BCUT2D eigenvalue weighted by molar-refractivity contribution is -0.165. The third-order valence-electron chi connectivity index (χ3n) is 6.52. The average molecular weight is 540 g/mol. The molecule has 1 aliphatic rings. The van der Waals surface area contributed by atoms with Gasteiger partial charge in [0.1, 0.15) is 6.07 Å². The normalized spacial score (nSPS) is 13.6. The Hall–Kier alpha value is -4.14. The molecular weight excluding hydrogens is 505 g/mol. The molecular formula is C28H34FN5O5. The quantitative estimate of drug-likeness (QED) is 0.328. The van der Waals surface area contributed by atoms with Crippen molar-refractivity contribution in [3.05, 3.63) is 64.1 Å². The summed E-state index contributed by atoms with van der Waals surface area (Å²) in [5.41, 5.74) is 2.04. The Morgan fingerprint density at radius 1 is 1.21 bits per heavy atom. The van der Waals surface area contributed by atoms with E-state index in [1.54, 1.807) is 35.1 Å². The number of aromatic amines is 1. The van der Waals surface area contributed by atoms with Crippen LogP contribution in [0.3, 0.4) is 0 Å². The molecule has 1 fully saturated rings. The maximum Gasteiger partial charge on any atom is 0.252 e. The van der Waals surface area contributed by atoms with E-state index in [1.165, 1.54) is 0 Å². The van der Waals surface area contributed by atoms with Gasteiger partial charge in [-0.1, -0.05) is 37.3 Å². The Balaban J connectivity index is 0.000000344. The van der Waals surface area contributed by atoms with Gasteiger partial charge in [-0.15, -0.1) is 0 Å². The smallest absolute Gasteiger partial charge is 0.252 e. The summed E-state index contributed by atoms with van der Waals surface area (Å²) < 4.78 is 11.4. The fourth-order valence-corrected chi connectivity index (χ4v) is 4.24. The highest BCUT2D eigenvalue weighted by Crippen LogP contribution is 2.20. The zero-order valence-electron chi connectivity index (χ0n) is 22.4. The van der Waals surface area contributed by atoms with Crippen molar-refractivity contribution in [2.24, 2.45) is 0 Å².